The molecule has 2 aromatic heterocycles. The molecule has 25 heavy (non-hydrogen) atoms. The maximum atomic E-state index is 14.0. The number of H-pyrrole nitrogens is 1. The van der Waals surface area contributed by atoms with E-state index in [1.54, 1.807) is 6.07 Å². The molecule has 8 heteroatoms. The third-order valence-electron chi connectivity index (χ3n) is 3.69. The number of anilines is 1. The molecule has 0 unspecified atom stereocenters. The zero-order valence-corrected chi connectivity index (χ0v) is 15.5. The van der Waals surface area contributed by atoms with Crippen molar-refractivity contribution in [3.63, 3.8) is 0 Å². The first-order chi connectivity index (χ1) is 11.6. The molecule has 0 aliphatic heterocycles. The van der Waals surface area contributed by atoms with Gasteiger partial charge in [-0.05, 0) is 29.7 Å². The number of nitrogens with zero attached hydrogens (tertiary/aromatic N) is 1. The first-order valence-electron chi connectivity index (χ1n) is 7.46. The minimum absolute atomic E-state index is 0.0757. The Morgan fingerprint density at radius 3 is 2.60 bits per heavy atom. The van der Waals surface area contributed by atoms with E-state index in [0.717, 1.165) is 16.5 Å². The quantitative estimate of drug-likeness (QED) is 0.712. The molecule has 0 saturated carbocycles. The summed E-state index contributed by atoms with van der Waals surface area (Å²) in [7, 11) is -3.96. The molecular formula is C17H16FN3O2S2. The number of benzene rings is 1. The van der Waals surface area contributed by atoms with Gasteiger partial charge in [0, 0.05) is 11.1 Å². The van der Waals surface area contributed by atoms with Crippen molar-refractivity contribution in [3.8, 4) is 6.07 Å². The van der Waals surface area contributed by atoms with Crippen LogP contribution in [0, 0.1) is 17.1 Å². The van der Waals surface area contributed by atoms with Gasteiger partial charge in [0.2, 0.25) is 0 Å². The smallest absolute Gasteiger partial charge is 0.264 e. The number of thiophene rings is 1. The fourth-order valence-electron chi connectivity index (χ4n) is 2.33. The van der Waals surface area contributed by atoms with Crippen molar-refractivity contribution < 1.29 is 12.8 Å². The lowest BCUT2D eigenvalue weighted by Crippen LogP contribution is -2.13. The average Bonchev–Trinajstić information content (AvgIpc) is 3.08. The average molecular weight is 377 g/mol. The third kappa shape index (κ3) is 3.25. The lowest BCUT2D eigenvalue weighted by Gasteiger charge is -2.15. The van der Waals surface area contributed by atoms with Gasteiger partial charge in [0.05, 0.1) is 27.5 Å². The second-order valence-corrected chi connectivity index (χ2v) is 9.37. The zero-order valence-electron chi connectivity index (χ0n) is 13.8. The standard InChI is InChI=1S/C17H16FN3O2S2/c1-17(2,3)15-7-13-16(24-15)14(9-20-13)25(22,23)21-12-5-4-10(8-19)6-11(12)18/h4-7,9,20-21H,1-3H3. The fraction of sp³-hybridized carbons (Fsp3) is 0.235. The van der Waals surface area contributed by atoms with Gasteiger partial charge in [0.25, 0.3) is 10.0 Å². The van der Waals surface area contributed by atoms with E-state index >= 15 is 0 Å². The van der Waals surface area contributed by atoms with Gasteiger partial charge in [0.15, 0.2) is 0 Å². The summed E-state index contributed by atoms with van der Waals surface area (Å²) in [4.78, 5) is 4.09. The van der Waals surface area contributed by atoms with Crippen LogP contribution in [-0.4, -0.2) is 13.4 Å². The molecule has 0 aliphatic carbocycles. The van der Waals surface area contributed by atoms with E-state index in [0.29, 0.717) is 4.70 Å². The molecule has 0 bridgehead atoms. The largest absolute Gasteiger partial charge is 0.359 e. The first-order valence-corrected chi connectivity index (χ1v) is 9.75. The highest BCUT2D eigenvalue weighted by molar-refractivity contribution is 7.93. The Hall–Kier alpha value is -2.37. The first kappa shape index (κ1) is 17.5. The van der Waals surface area contributed by atoms with Gasteiger partial charge in [-0.1, -0.05) is 20.8 Å². The molecule has 0 saturated heterocycles. The maximum Gasteiger partial charge on any atom is 0.264 e. The molecule has 0 radical (unpaired) electrons. The molecular weight excluding hydrogens is 361 g/mol. The van der Waals surface area contributed by atoms with Crippen LogP contribution >= 0.6 is 11.3 Å². The van der Waals surface area contributed by atoms with Crippen molar-refractivity contribution in [3.05, 3.63) is 46.7 Å². The number of sulfonamides is 1. The van der Waals surface area contributed by atoms with Gasteiger partial charge in [-0.3, -0.25) is 4.72 Å². The minimum atomic E-state index is -3.96. The van der Waals surface area contributed by atoms with Crippen molar-refractivity contribution in [2.24, 2.45) is 0 Å². The van der Waals surface area contributed by atoms with E-state index < -0.39 is 15.8 Å². The number of aromatic nitrogens is 1. The highest BCUT2D eigenvalue weighted by Crippen LogP contribution is 2.37. The Morgan fingerprint density at radius 1 is 1.28 bits per heavy atom. The van der Waals surface area contributed by atoms with Gasteiger partial charge in [-0.2, -0.15) is 5.26 Å². The van der Waals surface area contributed by atoms with Crippen LogP contribution in [0.25, 0.3) is 10.2 Å². The second-order valence-electron chi connectivity index (χ2n) is 6.67. The van der Waals surface area contributed by atoms with Gasteiger partial charge in [0.1, 0.15) is 10.7 Å². The van der Waals surface area contributed by atoms with Crippen LogP contribution in [-0.2, 0) is 15.4 Å². The van der Waals surface area contributed by atoms with E-state index in [-0.39, 0.29) is 21.6 Å². The van der Waals surface area contributed by atoms with Crippen molar-refractivity contribution in [2.45, 2.75) is 31.1 Å². The Kier molecular flexibility index (Phi) is 4.09. The molecule has 0 amide bonds. The Morgan fingerprint density at radius 2 is 2.00 bits per heavy atom. The molecule has 130 valence electrons. The molecule has 0 aliphatic rings. The maximum absolute atomic E-state index is 14.0. The number of aromatic amines is 1. The van der Waals surface area contributed by atoms with Crippen LogP contribution in [0.3, 0.4) is 0 Å². The highest BCUT2D eigenvalue weighted by atomic mass is 32.2. The summed E-state index contributed by atoms with van der Waals surface area (Å²) in [5.74, 6) is -0.795. The lowest BCUT2D eigenvalue weighted by atomic mass is 9.95. The number of hydrogen-bond donors (Lipinski definition) is 2. The fourth-order valence-corrected chi connectivity index (χ4v) is 5.00. The van der Waals surface area contributed by atoms with Crippen LogP contribution in [0.15, 0.2) is 35.4 Å². The molecule has 0 spiro atoms. The normalized spacial score (nSPS) is 12.3. The molecule has 1 aromatic carbocycles. The predicted octanol–water partition coefficient (Wildman–Crippen LogP) is 4.34. The summed E-state index contributed by atoms with van der Waals surface area (Å²) in [5, 5.41) is 8.76. The molecule has 2 heterocycles. The molecule has 3 rings (SSSR count). The van der Waals surface area contributed by atoms with Crippen LogP contribution in [0.2, 0.25) is 0 Å². The molecule has 0 fully saturated rings. The van der Waals surface area contributed by atoms with Crippen molar-refractivity contribution >= 4 is 37.3 Å². The van der Waals surface area contributed by atoms with Crippen molar-refractivity contribution in [2.75, 3.05) is 4.72 Å². The van der Waals surface area contributed by atoms with Crippen LogP contribution in [0.5, 0.6) is 0 Å². The number of fused-ring (bicyclic) bond motifs is 1. The van der Waals surface area contributed by atoms with Gasteiger partial charge >= 0.3 is 0 Å². The second kappa shape index (κ2) is 5.86. The molecule has 3 aromatic rings. The van der Waals surface area contributed by atoms with E-state index in [1.807, 2.05) is 6.07 Å². The van der Waals surface area contributed by atoms with E-state index in [1.165, 1.54) is 29.7 Å². The lowest BCUT2D eigenvalue weighted by molar-refractivity contribution is 0.599. The summed E-state index contributed by atoms with van der Waals surface area (Å²) >= 11 is 1.40. The predicted molar refractivity (Wildman–Crippen MR) is 96.8 cm³/mol. The Bertz CT molecular complexity index is 1100. The zero-order chi connectivity index (χ0) is 18.4. The number of rotatable bonds is 3. The SMILES string of the molecule is CC(C)(C)c1cc2[nH]cc(S(=O)(=O)Nc3ccc(C#N)cc3F)c2s1. The summed E-state index contributed by atoms with van der Waals surface area (Å²) in [6, 6.07) is 7.33. The van der Waals surface area contributed by atoms with E-state index in [9.17, 15) is 12.8 Å². The number of nitriles is 1. The summed E-state index contributed by atoms with van der Waals surface area (Å²) < 4.78 is 42.2. The topological polar surface area (TPSA) is 85.8 Å². The highest BCUT2D eigenvalue weighted by Gasteiger charge is 2.25. The minimum Gasteiger partial charge on any atom is -0.359 e. The van der Waals surface area contributed by atoms with Gasteiger partial charge < -0.3 is 4.98 Å². The van der Waals surface area contributed by atoms with Crippen LogP contribution in [0.1, 0.15) is 31.2 Å². The number of hydrogen-bond acceptors (Lipinski definition) is 4. The summed E-state index contributed by atoms with van der Waals surface area (Å²) in [6.07, 6.45) is 1.40. The van der Waals surface area contributed by atoms with Gasteiger partial charge in [-0.15, -0.1) is 11.3 Å². The van der Waals surface area contributed by atoms with E-state index in [4.69, 9.17) is 5.26 Å². The van der Waals surface area contributed by atoms with Gasteiger partial charge in [-0.25, -0.2) is 12.8 Å². The third-order valence-corrected chi connectivity index (χ3v) is 6.80. The summed E-state index contributed by atoms with van der Waals surface area (Å²) in [6.45, 7) is 6.16. The van der Waals surface area contributed by atoms with Crippen LogP contribution < -0.4 is 4.72 Å². The van der Waals surface area contributed by atoms with Crippen LogP contribution in [0.4, 0.5) is 10.1 Å². The Labute approximate surface area is 149 Å². The molecule has 0 atom stereocenters. The molecule has 2 N–H and O–H groups in total. The number of halogens is 1. The molecule has 5 nitrogen and oxygen atoms in total. The van der Waals surface area contributed by atoms with Crippen molar-refractivity contribution in [1.29, 1.82) is 5.26 Å². The van der Waals surface area contributed by atoms with Crippen molar-refractivity contribution in [1.82, 2.24) is 4.98 Å². The van der Waals surface area contributed by atoms with E-state index in [2.05, 4.69) is 30.5 Å². The monoisotopic (exact) mass is 377 g/mol. The number of nitrogens with one attached hydrogen (secondary N) is 2. The summed E-state index contributed by atoms with van der Waals surface area (Å²) in [5.41, 5.74) is 0.562. The Balaban J connectivity index is 2.02.